The van der Waals surface area contributed by atoms with Crippen molar-refractivity contribution in [1.29, 1.82) is 0 Å². The summed E-state index contributed by atoms with van der Waals surface area (Å²) in [5.41, 5.74) is 1.25. The van der Waals surface area contributed by atoms with Crippen LogP contribution in [0, 0.1) is 5.41 Å². The zero-order valence-electron chi connectivity index (χ0n) is 12.3. The topological polar surface area (TPSA) is 58.6 Å². The molecule has 0 saturated carbocycles. The smallest absolute Gasteiger partial charge is 0.250 e. The van der Waals surface area contributed by atoms with E-state index in [-0.39, 0.29) is 24.5 Å². The molecule has 1 amide bonds. The molecule has 0 aliphatic carbocycles. The van der Waals surface area contributed by atoms with Crippen molar-refractivity contribution in [2.24, 2.45) is 5.41 Å². The zero-order chi connectivity index (χ0) is 15.5. The van der Waals surface area contributed by atoms with Crippen molar-refractivity contribution < 1.29 is 14.6 Å². The normalized spacial score (nSPS) is 14.0. The van der Waals surface area contributed by atoms with E-state index in [1.165, 1.54) is 0 Å². The minimum atomic E-state index is -0.147. The second-order valence-corrected chi connectivity index (χ2v) is 6.40. The molecule has 2 N–H and O–H groups in total. The minimum absolute atomic E-state index is 0.112. The molecule has 0 atom stereocenters. The van der Waals surface area contributed by atoms with Crippen LogP contribution in [0.1, 0.15) is 25.8 Å². The lowest BCUT2D eigenvalue weighted by Gasteiger charge is -2.25. The molecule has 4 nitrogen and oxygen atoms in total. The van der Waals surface area contributed by atoms with Crippen LogP contribution in [0.3, 0.4) is 0 Å². The highest BCUT2D eigenvalue weighted by Crippen LogP contribution is 2.29. The summed E-state index contributed by atoms with van der Waals surface area (Å²) in [7, 11) is 0. The molecule has 1 aliphatic rings. The lowest BCUT2D eigenvalue weighted by atomic mass is 9.89. The number of carbonyl (C=O) groups is 1. The van der Waals surface area contributed by atoms with Crippen molar-refractivity contribution in [1.82, 2.24) is 5.32 Å². The third-order valence-corrected chi connectivity index (χ3v) is 3.73. The predicted octanol–water partition coefficient (Wildman–Crippen LogP) is 2.64. The number of benzene rings is 1. The fourth-order valence-electron chi connectivity index (χ4n) is 2.10. The Morgan fingerprint density at radius 2 is 2.24 bits per heavy atom. The van der Waals surface area contributed by atoms with E-state index in [0.29, 0.717) is 23.6 Å². The molecule has 1 aromatic carbocycles. The van der Waals surface area contributed by atoms with E-state index in [4.69, 9.17) is 21.4 Å². The van der Waals surface area contributed by atoms with Crippen molar-refractivity contribution in [3.63, 3.8) is 0 Å². The maximum Gasteiger partial charge on any atom is 0.250 e. The first kappa shape index (κ1) is 15.9. The van der Waals surface area contributed by atoms with Gasteiger partial charge in [0.15, 0.2) is 0 Å². The van der Waals surface area contributed by atoms with Crippen LogP contribution in [0.25, 0.3) is 6.08 Å². The molecule has 0 bridgehead atoms. The van der Waals surface area contributed by atoms with Gasteiger partial charge in [0.1, 0.15) is 12.4 Å². The van der Waals surface area contributed by atoms with Crippen molar-refractivity contribution in [3.8, 4) is 5.75 Å². The van der Waals surface area contributed by atoms with Crippen molar-refractivity contribution in [2.45, 2.75) is 20.3 Å². The molecular weight excluding hydrogens is 290 g/mol. The third-order valence-electron chi connectivity index (χ3n) is 3.49. The maximum absolute atomic E-state index is 12.2. The van der Waals surface area contributed by atoms with E-state index in [1.807, 2.05) is 13.8 Å². The fourth-order valence-corrected chi connectivity index (χ4v) is 2.28. The quantitative estimate of drug-likeness (QED) is 0.879. The van der Waals surface area contributed by atoms with Gasteiger partial charge < -0.3 is 15.2 Å². The Balaban J connectivity index is 2.04. The van der Waals surface area contributed by atoms with Gasteiger partial charge in [-0.1, -0.05) is 25.4 Å². The number of nitrogens with one attached hydrogen (secondary N) is 1. The van der Waals surface area contributed by atoms with Crippen LogP contribution in [0.15, 0.2) is 23.8 Å². The van der Waals surface area contributed by atoms with Crippen LogP contribution in [-0.4, -0.2) is 30.8 Å². The lowest BCUT2D eigenvalue weighted by Crippen LogP contribution is -2.36. The van der Waals surface area contributed by atoms with Gasteiger partial charge in [0, 0.05) is 23.7 Å². The SMILES string of the molecule is CC(C)(CCO)CNC(=O)C1=Cc2cc(Cl)ccc2OC1. The molecule has 0 radical (unpaired) electrons. The Kier molecular flexibility index (Phi) is 4.91. The molecule has 1 aliphatic heterocycles. The number of carbonyl (C=O) groups excluding carboxylic acids is 1. The Morgan fingerprint density at radius 3 is 2.95 bits per heavy atom. The van der Waals surface area contributed by atoms with Crippen molar-refractivity contribution >= 4 is 23.6 Å². The second-order valence-electron chi connectivity index (χ2n) is 5.96. The number of fused-ring (bicyclic) bond motifs is 1. The largest absolute Gasteiger partial charge is 0.488 e. The summed E-state index contributed by atoms with van der Waals surface area (Å²) in [6.07, 6.45) is 2.44. The molecule has 21 heavy (non-hydrogen) atoms. The Morgan fingerprint density at radius 1 is 1.48 bits per heavy atom. The van der Waals surface area contributed by atoms with Crippen molar-refractivity contribution in [2.75, 3.05) is 19.8 Å². The summed E-state index contributed by atoms with van der Waals surface area (Å²) >= 11 is 5.95. The Labute approximate surface area is 129 Å². The summed E-state index contributed by atoms with van der Waals surface area (Å²) in [6.45, 7) is 4.88. The second kappa shape index (κ2) is 6.50. The highest BCUT2D eigenvalue weighted by Gasteiger charge is 2.21. The highest BCUT2D eigenvalue weighted by atomic mass is 35.5. The summed E-state index contributed by atoms with van der Waals surface area (Å²) in [4.78, 5) is 12.2. The monoisotopic (exact) mass is 309 g/mol. The van der Waals surface area contributed by atoms with E-state index < -0.39 is 0 Å². The van der Waals surface area contributed by atoms with Crippen LogP contribution in [0.2, 0.25) is 5.02 Å². The van der Waals surface area contributed by atoms with Crippen LogP contribution in [0.4, 0.5) is 0 Å². The summed E-state index contributed by atoms with van der Waals surface area (Å²) < 4.78 is 5.56. The molecule has 0 unspecified atom stereocenters. The predicted molar refractivity (Wildman–Crippen MR) is 83.4 cm³/mol. The van der Waals surface area contributed by atoms with E-state index in [0.717, 1.165) is 11.3 Å². The number of ether oxygens (including phenoxy) is 1. The molecule has 1 heterocycles. The van der Waals surface area contributed by atoms with Gasteiger partial charge in [0.05, 0.1) is 5.57 Å². The molecule has 0 fully saturated rings. The Hall–Kier alpha value is -1.52. The average molecular weight is 310 g/mol. The number of halogens is 1. The first-order valence-electron chi connectivity index (χ1n) is 6.93. The summed E-state index contributed by atoms with van der Waals surface area (Å²) in [5.74, 6) is 0.586. The van der Waals surface area contributed by atoms with Gasteiger partial charge in [-0.05, 0) is 36.1 Å². The first-order valence-corrected chi connectivity index (χ1v) is 7.31. The highest BCUT2D eigenvalue weighted by molar-refractivity contribution is 6.30. The van der Waals surface area contributed by atoms with Gasteiger partial charge >= 0.3 is 0 Å². The van der Waals surface area contributed by atoms with Gasteiger partial charge in [-0.3, -0.25) is 4.79 Å². The summed E-state index contributed by atoms with van der Waals surface area (Å²) in [5, 5.41) is 12.5. The fraction of sp³-hybridized carbons (Fsp3) is 0.438. The average Bonchev–Trinajstić information content (AvgIpc) is 2.44. The van der Waals surface area contributed by atoms with E-state index in [9.17, 15) is 4.79 Å². The Bertz CT molecular complexity index is 567. The van der Waals surface area contributed by atoms with Gasteiger partial charge in [-0.2, -0.15) is 0 Å². The maximum atomic E-state index is 12.2. The molecular formula is C16H20ClNO3. The number of hydrogen-bond donors (Lipinski definition) is 2. The molecule has 114 valence electrons. The number of aliphatic hydroxyl groups excluding tert-OH is 1. The van der Waals surface area contributed by atoms with Crippen LogP contribution >= 0.6 is 11.6 Å². The zero-order valence-corrected chi connectivity index (χ0v) is 13.0. The van der Waals surface area contributed by atoms with E-state index >= 15 is 0 Å². The van der Waals surface area contributed by atoms with E-state index in [2.05, 4.69) is 5.32 Å². The van der Waals surface area contributed by atoms with Crippen LogP contribution < -0.4 is 10.1 Å². The molecule has 5 heteroatoms. The van der Waals surface area contributed by atoms with Gasteiger partial charge in [-0.15, -0.1) is 0 Å². The van der Waals surface area contributed by atoms with Gasteiger partial charge in [-0.25, -0.2) is 0 Å². The summed E-state index contributed by atoms with van der Waals surface area (Å²) in [6, 6.07) is 5.34. The molecule has 2 rings (SSSR count). The third kappa shape index (κ3) is 4.22. The van der Waals surface area contributed by atoms with Gasteiger partial charge in [0.2, 0.25) is 0 Å². The van der Waals surface area contributed by atoms with Crippen LogP contribution in [0.5, 0.6) is 5.75 Å². The minimum Gasteiger partial charge on any atom is -0.488 e. The van der Waals surface area contributed by atoms with Gasteiger partial charge in [0.25, 0.3) is 5.91 Å². The number of amides is 1. The first-order chi connectivity index (χ1) is 9.91. The number of rotatable bonds is 5. The van der Waals surface area contributed by atoms with Crippen molar-refractivity contribution in [3.05, 3.63) is 34.4 Å². The molecule has 0 aromatic heterocycles. The number of hydrogen-bond acceptors (Lipinski definition) is 3. The standard InChI is InChI=1S/C16H20ClNO3/c1-16(2,5-6-19)10-18-15(20)12-7-11-8-13(17)3-4-14(11)21-9-12/h3-4,7-8,19H,5-6,9-10H2,1-2H3,(H,18,20). The molecule has 1 aromatic rings. The van der Waals surface area contributed by atoms with Crippen LogP contribution in [-0.2, 0) is 4.79 Å². The number of aliphatic hydroxyl groups is 1. The van der Waals surface area contributed by atoms with E-state index in [1.54, 1.807) is 24.3 Å². The molecule has 0 spiro atoms. The molecule has 0 saturated heterocycles. The lowest BCUT2D eigenvalue weighted by molar-refractivity contribution is -0.118.